The molecule has 1 aromatic rings. The second-order valence-electron chi connectivity index (χ2n) is 6.17. The van der Waals surface area contributed by atoms with Gasteiger partial charge in [-0.25, -0.2) is 0 Å². The fourth-order valence-electron chi connectivity index (χ4n) is 3.37. The normalized spacial score (nSPS) is 25.8. The summed E-state index contributed by atoms with van der Waals surface area (Å²) >= 11 is 0. The van der Waals surface area contributed by atoms with Crippen LogP contribution < -0.4 is 0 Å². The average molecular weight is 274 g/mol. The molecule has 2 fully saturated rings. The standard InChI is InChI=1S/C17H26N2O/c1-15-4-6-16(7-5-15)13-18-8-2-3-17(14-18)19-9-11-20-12-10-19/h4-7,17H,2-3,8-14H2,1H3. The Kier molecular flexibility index (Phi) is 4.71. The van der Waals surface area contributed by atoms with Crippen LogP contribution in [0.1, 0.15) is 24.0 Å². The predicted molar refractivity (Wildman–Crippen MR) is 81.9 cm³/mol. The summed E-state index contributed by atoms with van der Waals surface area (Å²) in [6.07, 6.45) is 2.68. The minimum Gasteiger partial charge on any atom is -0.379 e. The molecular formula is C17H26N2O. The van der Waals surface area contributed by atoms with Gasteiger partial charge in [-0.05, 0) is 31.9 Å². The Labute approximate surface area is 122 Å². The van der Waals surface area contributed by atoms with Crippen molar-refractivity contribution < 1.29 is 4.74 Å². The zero-order valence-electron chi connectivity index (χ0n) is 12.6. The summed E-state index contributed by atoms with van der Waals surface area (Å²) in [6.45, 7) is 9.76. The highest BCUT2D eigenvalue weighted by molar-refractivity contribution is 5.21. The second-order valence-corrected chi connectivity index (χ2v) is 6.17. The molecule has 2 aliphatic heterocycles. The van der Waals surface area contributed by atoms with E-state index in [1.54, 1.807) is 0 Å². The van der Waals surface area contributed by atoms with Gasteiger partial charge in [0.1, 0.15) is 0 Å². The maximum absolute atomic E-state index is 5.47. The first kappa shape index (κ1) is 14.1. The maximum atomic E-state index is 5.47. The van der Waals surface area contributed by atoms with Crippen molar-refractivity contribution in [2.45, 2.75) is 32.4 Å². The molecule has 0 aliphatic carbocycles. The molecule has 0 bridgehead atoms. The lowest BCUT2D eigenvalue weighted by molar-refractivity contribution is -0.00358. The molecule has 0 amide bonds. The molecule has 0 radical (unpaired) electrons. The average Bonchev–Trinajstić information content (AvgIpc) is 2.51. The van der Waals surface area contributed by atoms with Crippen LogP contribution in [0.5, 0.6) is 0 Å². The number of nitrogens with zero attached hydrogens (tertiary/aromatic N) is 2. The van der Waals surface area contributed by atoms with Crippen LogP contribution in [0.15, 0.2) is 24.3 Å². The SMILES string of the molecule is Cc1ccc(CN2CCCC(N3CCOCC3)C2)cc1. The Morgan fingerprint density at radius 1 is 1.10 bits per heavy atom. The quantitative estimate of drug-likeness (QED) is 0.841. The number of hydrogen-bond donors (Lipinski definition) is 0. The van der Waals surface area contributed by atoms with Crippen molar-refractivity contribution in [1.82, 2.24) is 9.80 Å². The first-order valence-corrected chi connectivity index (χ1v) is 7.91. The first-order valence-electron chi connectivity index (χ1n) is 7.91. The number of benzene rings is 1. The Bertz CT molecular complexity index is 412. The van der Waals surface area contributed by atoms with Crippen molar-refractivity contribution in [2.75, 3.05) is 39.4 Å². The van der Waals surface area contributed by atoms with E-state index in [1.807, 2.05) is 0 Å². The fourth-order valence-corrected chi connectivity index (χ4v) is 3.37. The number of ether oxygens (including phenoxy) is 1. The second kappa shape index (κ2) is 6.70. The van der Waals surface area contributed by atoms with Gasteiger partial charge in [0.15, 0.2) is 0 Å². The number of rotatable bonds is 3. The van der Waals surface area contributed by atoms with E-state index in [0.29, 0.717) is 0 Å². The Hall–Kier alpha value is -0.900. The topological polar surface area (TPSA) is 15.7 Å². The molecule has 2 saturated heterocycles. The number of likely N-dealkylation sites (tertiary alicyclic amines) is 1. The number of hydrogen-bond acceptors (Lipinski definition) is 3. The molecule has 3 nitrogen and oxygen atoms in total. The van der Waals surface area contributed by atoms with Crippen LogP contribution >= 0.6 is 0 Å². The summed E-state index contributed by atoms with van der Waals surface area (Å²) in [5, 5.41) is 0. The van der Waals surface area contributed by atoms with Gasteiger partial charge in [0, 0.05) is 32.2 Å². The number of piperidine rings is 1. The third-order valence-corrected chi connectivity index (χ3v) is 4.57. The van der Waals surface area contributed by atoms with Crippen molar-refractivity contribution >= 4 is 0 Å². The Morgan fingerprint density at radius 3 is 2.60 bits per heavy atom. The summed E-state index contributed by atoms with van der Waals surface area (Å²) in [7, 11) is 0. The van der Waals surface area contributed by atoms with E-state index in [4.69, 9.17) is 4.74 Å². The van der Waals surface area contributed by atoms with Crippen molar-refractivity contribution in [3.63, 3.8) is 0 Å². The predicted octanol–water partition coefficient (Wildman–Crippen LogP) is 2.29. The van der Waals surface area contributed by atoms with E-state index in [2.05, 4.69) is 41.0 Å². The van der Waals surface area contributed by atoms with Crippen LogP contribution in [-0.2, 0) is 11.3 Å². The van der Waals surface area contributed by atoms with Crippen LogP contribution in [0.4, 0.5) is 0 Å². The molecule has 2 aliphatic rings. The van der Waals surface area contributed by atoms with Gasteiger partial charge in [-0.3, -0.25) is 9.80 Å². The van der Waals surface area contributed by atoms with Gasteiger partial charge in [-0.2, -0.15) is 0 Å². The summed E-state index contributed by atoms with van der Waals surface area (Å²) in [5.41, 5.74) is 2.79. The van der Waals surface area contributed by atoms with Gasteiger partial charge in [0.2, 0.25) is 0 Å². The lowest BCUT2D eigenvalue weighted by atomic mass is 10.0. The molecule has 20 heavy (non-hydrogen) atoms. The van der Waals surface area contributed by atoms with Gasteiger partial charge in [0.25, 0.3) is 0 Å². The summed E-state index contributed by atoms with van der Waals surface area (Å²) < 4.78 is 5.47. The molecule has 0 aromatic heterocycles. The molecule has 3 heteroatoms. The van der Waals surface area contributed by atoms with Crippen molar-refractivity contribution in [2.24, 2.45) is 0 Å². The minimum atomic E-state index is 0.734. The van der Waals surface area contributed by atoms with Crippen molar-refractivity contribution in [3.8, 4) is 0 Å². The third-order valence-electron chi connectivity index (χ3n) is 4.57. The molecule has 1 atom stereocenters. The lowest BCUT2D eigenvalue weighted by Crippen LogP contribution is -2.51. The minimum absolute atomic E-state index is 0.734. The highest BCUT2D eigenvalue weighted by Gasteiger charge is 2.26. The van der Waals surface area contributed by atoms with Gasteiger partial charge >= 0.3 is 0 Å². The highest BCUT2D eigenvalue weighted by Crippen LogP contribution is 2.19. The molecule has 0 saturated carbocycles. The smallest absolute Gasteiger partial charge is 0.0594 e. The molecule has 110 valence electrons. The monoisotopic (exact) mass is 274 g/mol. The zero-order chi connectivity index (χ0) is 13.8. The highest BCUT2D eigenvalue weighted by atomic mass is 16.5. The van der Waals surface area contributed by atoms with Crippen molar-refractivity contribution in [3.05, 3.63) is 35.4 Å². The van der Waals surface area contributed by atoms with Crippen molar-refractivity contribution in [1.29, 1.82) is 0 Å². The van der Waals surface area contributed by atoms with E-state index in [9.17, 15) is 0 Å². The fraction of sp³-hybridized carbons (Fsp3) is 0.647. The van der Waals surface area contributed by atoms with Crippen LogP contribution in [-0.4, -0.2) is 55.2 Å². The third kappa shape index (κ3) is 3.60. The first-order chi connectivity index (χ1) is 9.81. The maximum Gasteiger partial charge on any atom is 0.0594 e. The number of morpholine rings is 1. The van der Waals surface area contributed by atoms with Crippen LogP contribution in [0, 0.1) is 6.92 Å². The largest absolute Gasteiger partial charge is 0.379 e. The summed E-state index contributed by atoms with van der Waals surface area (Å²) in [6, 6.07) is 9.72. The molecule has 2 heterocycles. The molecular weight excluding hydrogens is 248 g/mol. The van der Waals surface area contributed by atoms with E-state index in [-0.39, 0.29) is 0 Å². The van der Waals surface area contributed by atoms with Gasteiger partial charge in [-0.15, -0.1) is 0 Å². The van der Waals surface area contributed by atoms with E-state index in [1.165, 1.54) is 37.1 Å². The molecule has 1 unspecified atom stereocenters. The van der Waals surface area contributed by atoms with E-state index >= 15 is 0 Å². The van der Waals surface area contributed by atoms with Crippen LogP contribution in [0.3, 0.4) is 0 Å². The van der Waals surface area contributed by atoms with Gasteiger partial charge in [-0.1, -0.05) is 29.8 Å². The Morgan fingerprint density at radius 2 is 1.85 bits per heavy atom. The molecule has 1 aromatic carbocycles. The molecule has 3 rings (SSSR count). The summed E-state index contributed by atoms with van der Waals surface area (Å²) in [4.78, 5) is 5.25. The molecule has 0 N–H and O–H groups in total. The van der Waals surface area contributed by atoms with E-state index < -0.39 is 0 Å². The van der Waals surface area contributed by atoms with Crippen LogP contribution in [0.2, 0.25) is 0 Å². The Balaban J connectivity index is 1.56. The van der Waals surface area contributed by atoms with E-state index in [0.717, 1.165) is 38.9 Å². The van der Waals surface area contributed by atoms with Gasteiger partial charge in [0.05, 0.1) is 13.2 Å². The van der Waals surface area contributed by atoms with Crippen LogP contribution in [0.25, 0.3) is 0 Å². The molecule has 0 spiro atoms. The lowest BCUT2D eigenvalue weighted by Gasteiger charge is -2.41. The zero-order valence-corrected chi connectivity index (χ0v) is 12.6. The number of aryl methyl sites for hydroxylation is 1. The summed E-state index contributed by atoms with van der Waals surface area (Å²) in [5.74, 6) is 0. The van der Waals surface area contributed by atoms with Gasteiger partial charge < -0.3 is 4.74 Å².